The van der Waals surface area contributed by atoms with Crippen LogP contribution in [-0.2, 0) is 0 Å². The number of phenols is 1. The van der Waals surface area contributed by atoms with Crippen molar-refractivity contribution in [1.29, 1.82) is 0 Å². The predicted molar refractivity (Wildman–Crippen MR) is 104 cm³/mol. The van der Waals surface area contributed by atoms with Crippen molar-refractivity contribution in [1.82, 2.24) is 0 Å². The molecular formula is C22H19NO2. The number of benzene rings is 4. The van der Waals surface area contributed by atoms with Gasteiger partial charge in [0.15, 0.2) is 6.29 Å². The van der Waals surface area contributed by atoms with Crippen LogP contribution in [0, 0.1) is 6.92 Å². The van der Waals surface area contributed by atoms with Crippen molar-refractivity contribution in [2.24, 2.45) is 0 Å². The standard InChI is InChI=1S/C14H10O.C8H9NO/c15-14-6-5-12-7-10-3-1-2-4-11(10)8-13(12)9-14;1-6-3-2-4-7(5-10)8(6)9/h1-9,15H;2-5H,9H2,1H3. The minimum atomic E-state index is 0.317. The Bertz CT molecular complexity index is 1050. The largest absolute Gasteiger partial charge is 0.508 e. The van der Waals surface area contributed by atoms with Gasteiger partial charge in [0.2, 0.25) is 0 Å². The normalized spacial score (nSPS) is 10.3. The van der Waals surface area contributed by atoms with Gasteiger partial charge < -0.3 is 10.8 Å². The number of carbonyl (C=O) groups excluding carboxylic acids is 1. The molecule has 0 radical (unpaired) electrons. The molecule has 0 aromatic heterocycles. The fourth-order valence-corrected chi connectivity index (χ4v) is 2.73. The smallest absolute Gasteiger partial charge is 0.152 e. The summed E-state index contributed by atoms with van der Waals surface area (Å²) in [4.78, 5) is 10.3. The molecule has 0 unspecified atom stereocenters. The number of rotatable bonds is 1. The molecule has 3 N–H and O–H groups in total. The van der Waals surface area contributed by atoms with Crippen molar-refractivity contribution < 1.29 is 9.90 Å². The highest BCUT2D eigenvalue weighted by Crippen LogP contribution is 2.25. The Kier molecular flexibility index (Phi) is 4.66. The minimum Gasteiger partial charge on any atom is -0.508 e. The first-order valence-corrected chi connectivity index (χ1v) is 8.00. The van der Waals surface area contributed by atoms with Crippen LogP contribution in [0.15, 0.2) is 72.8 Å². The van der Waals surface area contributed by atoms with Crippen LogP contribution < -0.4 is 5.73 Å². The van der Waals surface area contributed by atoms with Crippen molar-refractivity contribution in [3.8, 4) is 5.75 Å². The molecule has 3 heteroatoms. The van der Waals surface area contributed by atoms with Crippen LogP contribution in [0.5, 0.6) is 5.75 Å². The zero-order valence-corrected chi connectivity index (χ0v) is 13.9. The Balaban J connectivity index is 0.000000160. The number of nitrogen functional groups attached to an aromatic ring is 1. The van der Waals surface area contributed by atoms with E-state index >= 15 is 0 Å². The van der Waals surface area contributed by atoms with Gasteiger partial charge in [0, 0.05) is 11.3 Å². The molecular weight excluding hydrogens is 310 g/mol. The third-order valence-electron chi connectivity index (χ3n) is 4.17. The lowest BCUT2D eigenvalue weighted by Gasteiger charge is -2.02. The highest BCUT2D eigenvalue weighted by molar-refractivity contribution is 5.98. The SMILES string of the molecule is Cc1cccc(C=O)c1N.Oc1ccc2cc3ccccc3cc2c1. The van der Waals surface area contributed by atoms with Crippen molar-refractivity contribution in [2.75, 3.05) is 5.73 Å². The topological polar surface area (TPSA) is 63.3 Å². The van der Waals surface area contributed by atoms with Gasteiger partial charge in [0.25, 0.3) is 0 Å². The molecule has 0 saturated heterocycles. The number of phenolic OH excluding ortho intramolecular Hbond substituents is 1. The van der Waals surface area contributed by atoms with E-state index in [2.05, 4.69) is 24.3 Å². The second-order valence-corrected chi connectivity index (χ2v) is 5.93. The van der Waals surface area contributed by atoms with Gasteiger partial charge >= 0.3 is 0 Å². The number of aryl methyl sites for hydroxylation is 1. The van der Waals surface area contributed by atoms with Crippen LogP contribution in [0.25, 0.3) is 21.5 Å². The highest BCUT2D eigenvalue weighted by atomic mass is 16.3. The van der Waals surface area contributed by atoms with Crippen LogP contribution >= 0.6 is 0 Å². The Labute approximate surface area is 146 Å². The molecule has 0 aliphatic heterocycles. The Morgan fingerprint density at radius 3 is 2.08 bits per heavy atom. The molecule has 0 heterocycles. The van der Waals surface area contributed by atoms with E-state index in [9.17, 15) is 9.90 Å². The second-order valence-electron chi connectivity index (χ2n) is 5.93. The molecule has 3 nitrogen and oxygen atoms in total. The van der Waals surface area contributed by atoms with Gasteiger partial charge in [-0.1, -0.05) is 42.5 Å². The first-order valence-electron chi connectivity index (χ1n) is 8.00. The van der Waals surface area contributed by atoms with E-state index in [4.69, 9.17) is 5.73 Å². The van der Waals surface area contributed by atoms with E-state index in [0.29, 0.717) is 17.0 Å². The fourth-order valence-electron chi connectivity index (χ4n) is 2.73. The Morgan fingerprint density at radius 1 is 0.800 bits per heavy atom. The van der Waals surface area contributed by atoms with Crippen LogP contribution in [0.1, 0.15) is 15.9 Å². The van der Waals surface area contributed by atoms with E-state index < -0.39 is 0 Å². The summed E-state index contributed by atoms with van der Waals surface area (Å²) in [5, 5.41) is 14.1. The quantitative estimate of drug-likeness (QED) is 0.290. The number of nitrogens with two attached hydrogens (primary N) is 1. The monoisotopic (exact) mass is 329 g/mol. The van der Waals surface area contributed by atoms with Gasteiger partial charge in [0.1, 0.15) is 5.75 Å². The van der Waals surface area contributed by atoms with E-state index in [-0.39, 0.29) is 0 Å². The maximum Gasteiger partial charge on any atom is 0.152 e. The fraction of sp³-hybridized carbons (Fsp3) is 0.0455. The molecule has 0 amide bonds. The first-order chi connectivity index (χ1) is 12.1. The molecule has 0 aliphatic carbocycles. The summed E-state index contributed by atoms with van der Waals surface area (Å²) in [7, 11) is 0. The van der Waals surface area contributed by atoms with E-state index in [1.807, 2.05) is 37.3 Å². The number of para-hydroxylation sites is 1. The Hall–Kier alpha value is -3.33. The van der Waals surface area contributed by atoms with Gasteiger partial charge in [-0.05, 0) is 64.4 Å². The van der Waals surface area contributed by atoms with E-state index in [1.54, 1.807) is 18.2 Å². The summed E-state index contributed by atoms with van der Waals surface area (Å²) in [6.45, 7) is 1.88. The van der Waals surface area contributed by atoms with Crippen LogP contribution in [-0.4, -0.2) is 11.4 Å². The van der Waals surface area contributed by atoms with Crippen molar-refractivity contribution in [3.05, 3.63) is 83.9 Å². The minimum absolute atomic E-state index is 0.317. The summed E-state index contributed by atoms with van der Waals surface area (Å²) < 4.78 is 0. The van der Waals surface area contributed by atoms with Gasteiger partial charge in [-0.25, -0.2) is 0 Å². The number of fused-ring (bicyclic) bond motifs is 2. The molecule has 0 spiro atoms. The summed E-state index contributed by atoms with van der Waals surface area (Å²) in [6, 6.07) is 23.3. The van der Waals surface area contributed by atoms with Crippen LogP contribution in [0.4, 0.5) is 5.69 Å². The molecule has 25 heavy (non-hydrogen) atoms. The van der Waals surface area contributed by atoms with E-state index in [0.717, 1.165) is 22.6 Å². The average Bonchev–Trinajstić information content (AvgIpc) is 2.63. The van der Waals surface area contributed by atoms with Crippen LogP contribution in [0.3, 0.4) is 0 Å². The second kappa shape index (κ2) is 7.05. The van der Waals surface area contributed by atoms with E-state index in [1.165, 1.54) is 10.8 Å². The van der Waals surface area contributed by atoms with Crippen molar-refractivity contribution in [3.63, 3.8) is 0 Å². The molecule has 0 saturated carbocycles. The molecule has 4 aromatic rings. The van der Waals surface area contributed by atoms with Crippen molar-refractivity contribution >= 4 is 33.5 Å². The molecule has 0 fully saturated rings. The maximum atomic E-state index is 10.3. The third-order valence-corrected chi connectivity index (χ3v) is 4.17. The molecule has 4 aromatic carbocycles. The first kappa shape index (κ1) is 16.5. The summed E-state index contributed by atoms with van der Waals surface area (Å²) in [5.74, 6) is 0.317. The lowest BCUT2D eigenvalue weighted by atomic mass is 10.0. The summed E-state index contributed by atoms with van der Waals surface area (Å²) in [5.41, 5.74) is 7.66. The van der Waals surface area contributed by atoms with Gasteiger partial charge in [0.05, 0.1) is 0 Å². The maximum absolute atomic E-state index is 10.3. The van der Waals surface area contributed by atoms with Crippen molar-refractivity contribution in [2.45, 2.75) is 6.92 Å². The third kappa shape index (κ3) is 3.61. The summed E-state index contributed by atoms with van der Waals surface area (Å²) in [6.07, 6.45) is 0.766. The lowest BCUT2D eigenvalue weighted by molar-refractivity contribution is 0.112. The molecule has 0 bridgehead atoms. The zero-order chi connectivity index (χ0) is 17.8. The molecule has 0 aliphatic rings. The number of aldehydes is 1. The summed E-state index contributed by atoms with van der Waals surface area (Å²) >= 11 is 0. The predicted octanol–water partition coefficient (Wildman–Crippen LogP) is 5.09. The highest BCUT2D eigenvalue weighted by Gasteiger charge is 1.98. The molecule has 4 rings (SSSR count). The van der Waals surface area contributed by atoms with Gasteiger partial charge in [-0.15, -0.1) is 0 Å². The number of carbonyl (C=O) groups is 1. The molecule has 0 atom stereocenters. The van der Waals surface area contributed by atoms with Gasteiger partial charge in [-0.2, -0.15) is 0 Å². The van der Waals surface area contributed by atoms with Crippen LogP contribution in [0.2, 0.25) is 0 Å². The number of anilines is 1. The van der Waals surface area contributed by atoms with Gasteiger partial charge in [-0.3, -0.25) is 4.79 Å². The number of aromatic hydroxyl groups is 1. The lowest BCUT2D eigenvalue weighted by Crippen LogP contribution is -1.94. The average molecular weight is 329 g/mol. The Morgan fingerprint density at radius 2 is 1.44 bits per heavy atom. The number of hydrogen-bond acceptors (Lipinski definition) is 3. The zero-order valence-electron chi connectivity index (χ0n) is 13.9. The molecule has 124 valence electrons. The number of hydrogen-bond donors (Lipinski definition) is 2.